The molecule has 0 spiro atoms. The summed E-state index contributed by atoms with van der Waals surface area (Å²) in [7, 11) is 0. The van der Waals surface area contributed by atoms with Gasteiger partial charge in [0.2, 0.25) is 0 Å². The summed E-state index contributed by atoms with van der Waals surface area (Å²) in [6.45, 7) is 2.22. The van der Waals surface area contributed by atoms with Crippen molar-refractivity contribution in [1.29, 1.82) is 0 Å². The molecule has 116 valence electrons. The Labute approximate surface area is 138 Å². The lowest BCUT2D eigenvalue weighted by Gasteiger charge is -2.12. The van der Waals surface area contributed by atoms with Gasteiger partial charge in [0.25, 0.3) is 0 Å². The van der Waals surface area contributed by atoms with Gasteiger partial charge in [0, 0.05) is 11.6 Å². The van der Waals surface area contributed by atoms with E-state index in [4.69, 9.17) is 16.3 Å². The quantitative estimate of drug-likeness (QED) is 0.688. The normalized spacial score (nSPS) is 10.6. The van der Waals surface area contributed by atoms with E-state index >= 15 is 0 Å². The first-order valence-electron chi connectivity index (χ1n) is 7.10. The standard InChI is InChI=1S/C18H14ClFN2O/c1-12-9-17(19)21-22-18(12)15-8-7-14(20)10-16(15)23-11-13-5-3-2-4-6-13/h2-10H,11H2,1H3. The summed E-state index contributed by atoms with van der Waals surface area (Å²) < 4.78 is 19.4. The van der Waals surface area contributed by atoms with Crippen LogP contribution in [-0.4, -0.2) is 10.2 Å². The zero-order valence-electron chi connectivity index (χ0n) is 12.5. The highest BCUT2D eigenvalue weighted by atomic mass is 35.5. The largest absolute Gasteiger partial charge is 0.488 e. The van der Waals surface area contributed by atoms with Gasteiger partial charge in [0.15, 0.2) is 5.15 Å². The van der Waals surface area contributed by atoms with E-state index in [0.29, 0.717) is 28.8 Å². The van der Waals surface area contributed by atoms with Crippen LogP contribution in [0, 0.1) is 12.7 Å². The van der Waals surface area contributed by atoms with Gasteiger partial charge in [0.1, 0.15) is 18.2 Å². The van der Waals surface area contributed by atoms with Crippen LogP contribution in [0.5, 0.6) is 5.75 Å². The summed E-state index contributed by atoms with van der Waals surface area (Å²) in [6, 6.07) is 15.8. The molecule has 0 saturated heterocycles. The first kappa shape index (κ1) is 15.4. The van der Waals surface area contributed by atoms with Crippen molar-refractivity contribution in [1.82, 2.24) is 10.2 Å². The van der Waals surface area contributed by atoms with Crippen molar-refractivity contribution >= 4 is 11.6 Å². The number of aryl methyl sites for hydroxylation is 1. The minimum absolute atomic E-state index is 0.320. The smallest absolute Gasteiger partial charge is 0.152 e. The van der Waals surface area contributed by atoms with E-state index in [2.05, 4.69) is 10.2 Å². The van der Waals surface area contributed by atoms with Crippen molar-refractivity contribution in [3.8, 4) is 17.0 Å². The van der Waals surface area contributed by atoms with Crippen molar-refractivity contribution in [3.05, 3.63) is 76.7 Å². The van der Waals surface area contributed by atoms with Gasteiger partial charge >= 0.3 is 0 Å². The second-order valence-corrected chi connectivity index (χ2v) is 5.50. The molecule has 3 nitrogen and oxygen atoms in total. The summed E-state index contributed by atoms with van der Waals surface area (Å²) in [5, 5.41) is 8.29. The number of benzene rings is 2. The van der Waals surface area contributed by atoms with Crippen LogP contribution in [0.15, 0.2) is 54.6 Å². The number of halogens is 2. The lowest BCUT2D eigenvalue weighted by atomic mass is 10.1. The van der Waals surface area contributed by atoms with Crippen LogP contribution < -0.4 is 4.74 Å². The van der Waals surface area contributed by atoms with Gasteiger partial charge in [0.05, 0.1) is 5.69 Å². The minimum atomic E-state index is -0.364. The number of aromatic nitrogens is 2. The second kappa shape index (κ2) is 6.75. The molecule has 0 saturated carbocycles. The third kappa shape index (κ3) is 3.66. The highest BCUT2D eigenvalue weighted by Crippen LogP contribution is 2.32. The third-order valence-electron chi connectivity index (χ3n) is 3.39. The van der Waals surface area contributed by atoms with E-state index in [-0.39, 0.29) is 5.82 Å². The van der Waals surface area contributed by atoms with Gasteiger partial charge < -0.3 is 4.74 Å². The number of hydrogen-bond acceptors (Lipinski definition) is 3. The summed E-state index contributed by atoms with van der Waals surface area (Å²) in [6.07, 6.45) is 0. The molecule has 3 aromatic rings. The molecule has 0 aliphatic heterocycles. The fraction of sp³-hybridized carbons (Fsp3) is 0.111. The number of rotatable bonds is 4. The van der Waals surface area contributed by atoms with Crippen molar-refractivity contribution in [2.24, 2.45) is 0 Å². The van der Waals surface area contributed by atoms with E-state index in [9.17, 15) is 4.39 Å². The topological polar surface area (TPSA) is 35.0 Å². The van der Waals surface area contributed by atoms with E-state index < -0.39 is 0 Å². The van der Waals surface area contributed by atoms with Crippen LogP contribution >= 0.6 is 11.6 Å². The Hall–Kier alpha value is -2.46. The highest BCUT2D eigenvalue weighted by molar-refractivity contribution is 6.29. The number of hydrogen-bond donors (Lipinski definition) is 0. The summed E-state index contributed by atoms with van der Waals surface area (Å²) in [5.74, 6) is 0.0602. The molecule has 0 aliphatic rings. The minimum Gasteiger partial charge on any atom is -0.488 e. The molecule has 0 amide bonds. The highest BCUT2D eigenvalue weighted by Gasteiger charge is 2.13. The van der Waals surface area contributed by atoms with Crippen LogP contribution in [-0.2, 0) is 6.61 Å². The van der Waals surface area contributed by atoms with E-state index in [0.717, 1.165) is 11.1 Å². The first-order valence-corrected chi connectivity index (χ1v) is 7.48. The average Bonchev–Trinajstić information content (AvgIpc) is 2.55. The predicted molar refractivity (Wildman–Crippen MR) is 87.9 cm³/mol. The predicted octanol–water partition coefficient (Wildman–Crippen LogP) is 4.82. The summed E-state index contributed by atoms with van der Waals surface area (Å²) in [5.41, 5.74) is 3.16. The Bertz CT molecular complexity index is 825. The third-order valence-corrected chi connectivity index (χ3v) is 3.58. The molecule has 1 aromatic heterocycles. The molecule has 5 heteroatoms. The van der Waals surface area contributed by atoms with Gasteiger partial charge in [-0.1, -0.05) is 41.9 Å². The molecule has 0 N–H and O–H groups in total. The van der Waals surface area contributed by atoms with Gasteiger partial charge in [-0.25, -0.2) is 4.39 Å². The first-order chi connectivity index (χ1) is 11.1. The van der Waals surface area contributed by atoms with E-state index in [1.165, 1.54) is 12.1 Å². The molecule has 0 bridgehead atoms. The molecular weight excluding hydrogens is 315 g/mol. The maximum absolute atomic E-state index is 13.6. The lowest BCUT2D eigenvalue weighted by Crippen LogP contribution is -2.00. The average molecular weight is 329 g/mol. The van der Waals surface area contributed by atoms with Gasteiger partial charge in [-0.3, -0.25) is 0 Å². The molecule has 0 fully saturated rings. The van der Waals surface area contributed by atoms with Crippen molar-refractivity contribution < 1.29 is 9.13 Å². The number of nitrogens with zero attached hydrogens (tertiary/aromatic N) is 2. The Balaban J connectivity index is 1.94. The molecule has 3 rings (SSSR count). The van der Waals surface area contributed by atoms with Crippen molar-refractivity contribution in [2.45, 2.75) is 13.5 Å². The van der Waals surface area contributed by atoms with Crippen LogP contribution in [0.4, 0.5) is 4.39 Å². The molecule has 0 radical (unpaired) electrons. The zero-order chi connectivity index (χ0) is 16.2. The Morgan fingerprint density at radius 2 is 1.83 bits per heavy atom. The molecule has 0 unspecified atom stereocenters. The Morgan fingerprint density at radius 1 is 1.04 bits per heavy atom. The van der Waals surface area contributed by atoms with Gasteiger partial charge in [-0.05, 0) is 36.2 Å². The monoisotopic (exact) mass is 328 g/mol. The molecular formula is C18H14ClFN2O. The van der Waals surface area contributed by atoms with Gasteiger partial charge in [-0.2, -0.15) is 0 Å². The molecule has 1 heterocycles. The molecule has 2 aromatic carbocycles. The SMILES string of the molecule is Cc1cc(Cl)nnc1-c1ccc(F)cc1OCc1ccccc1. The van der Waals surface area contributed by atoms with Crippen LogP contribution in [0.3, 0.4) is 0 Å². The maximum Gasteiger partial charge on any atom is 0.152 e. The maximum atomic E-state index is 13.6. The lowest BCUT2D eigenvalue weighted by molar-refractivity contribution is 0.306. The second-order valence-electron chi connectivity index (χ2n) is 5.11. The fourth-order valence-corrected chi connectivity index (χ4v) is 2.47. The van der Waals surface area contributed by atoms with E-state index in [1.54, 1.807) is 12.1 Å². The van der Waals surface area contributed by atoms with Crippen molar-refractivity contribution in [3.63, 3.8) is 0 Å². The van der Waals surface area contributed by atoms with Crippen LogP contribution in [0.1, 0.15) is 11.1 Å². The van der Waals surface area contributed by atoms with Crippen LogP contribution in [0.25, 0.3) is 11.3 Å². The fourth-order valence-electron chi connectivity index (χ4n) is 2.27. The van der Waals surface area contributed by atoms with Gasteiger partial charge in [-0.15, -0.1) is 10.2 Å². The Morgan fingerprint density at radius 3 is 2.57 bits per heavy atom. The summed E-state index contributed by atoms with van der Waals surface area (Å²) >= 11 is 5.85. The molecule has 0 aliphatic carbocycles. The van der Waals surface area contributed by atoms with Crippen LogP contribution in [0.2, 0.25) is 5.15 Å². The zero-order valence-corrected chi connectivity index (χ0v) is 13.2. The Kier molecular flexibility index (Phi) is 4.53. The number of ether oxygens (including phenoxy) is 1. The molecule has 0 atom stereocenters. The molecule has 23 heavy (non-hydrogen) atoms. The van der Waals surface area contributed by atoms with E-state index in [1.807, 2.05) is 37.3 Å². The van der Waals surface area contributed by atoms with Crippen molar-refractivity contribution in [2.75, 3.05) is 0 Å². The summed E-state index contributed by atoms with van der Waals surface area (Å²) in [4.78, 5) is 0.